The van der Waals surface area contributed by atoms with Gasteiger partial charge in [0.05, 0.1) is 6.61 Å². The van der Waals surface area contributed by atoms with Gasteiger partial charge in [-0.25, -0.2) is 4.79 Å². The molecule has 5 nitrogen and oxygen atoms in total. The minimum Gasteiger partial charge on any atom is -0.445 e. The normalized spacial score (nSPS) is 17.5. The summed E-state index contributed by atoms with van der Waals surface area (Å²) >= 11 is 0. The Morgan fingerprint density at radius 3 is 2.62 bits per heavy atom. The molecule has 1 aromatic carbocycles. The Hall–Kier alpha value is -1.59. The largest absolute Gasteiger partial charge is 0.445 e. The van der Waals surface area contributed by atoms with Crippen LogP contribution in [0.5, 0.6) is 0 Å². The Balaban J connectivity index is 1.70. The summed E-state index contributed by atoms with van der Waals surface area (Å²) in [5.74, 6) is 0.491. The summed E-state index contributed by atoms with van der Waals surface area (Å²) < 4.78 is 5.33. The molecule has 1 aromatic rings. The van der Waals surface area contributed by atoms with Crippen molar-refractivity contribution in [3.63, 3.8) is 0 Å². The highest BCUT2D eigenvalue weighted by Gasteiger charge is 2.24. The van der Waals surface area contributed by atoms with E-state index in [0.717, 1.165) is 24.8 Å². The second-order valence-electron chi connectivity index (χ2n) is 5.65. The van der Waals surface area contributed by atoms with Crippen molar-refractivity contribution in [2.45, 2.75) is 31.9 Å². The van der Waals surface area contributed by atoms with Gasteiger partial charge >= 0.3 is 6.09 Å². The van der Waals surface area contributed by atoms with Gasteiger partial charge in [-0.2, -0.15) is 0 Å². The first kappa shape index (κ1) is 15.8. The number of ether oxygens (including phenoxy) is 1. The van der Waals surface area contributed by atoms with E-state index in [1.165, 1.54) is 0 Å². The van der Waals surface area contributed by atoms with Crippen LogP contribution < -0.4 is 5.73 Å². The van der Waals surface area contributed by atoms with Gasteiger partial charge in [0.25, 0.3) is 0 Å². The average molecular weight is 292 g/mol. The summed E-state index contributed by atoms with van der Waals surface area (Å²) in [6.45, 7) is 1.75. The highest BCUT2D eigenvalue weighted by atomic mass is 16.6. The number of piperidine rings is 1. The monoisotopic (exact) mass is 292 g/mol. The van der Waals surface area contributed by atoms with Crippen molar-refractivity contribution in [3.8, 4) is 0 Å². The minimum absolute atomic E-state index is 0.0271. The SMILES string of the molecule is N[C@@H](CO)CC1CCN(C(=O)OCc2ccccc2)CC1. The lowest BCUT2D eigenvalue weighted by Gasteiger charge is -2.32. The van der Waals surface area contributed by atoms with Crippen LogP contribution >= 0.6 is 0 Å². The lowest BCUT2D eigenvalue weighted by atomic mass is 9.91. The van der Waals surface area contributed by atoms with Crippen molar-refractivity contribution in [2.24, 2.45) is 11.7 Å². The summed E-state index contributed by atoms with van der Waals surface area (Å²) in [6, 6.07) is 9.53. The van der Waals surface area contributed by atoms with Gasteiger partial charge in [-0.15, -0.1) is 0 Å². The molecule has 3 N–H and O–H groups in total. The quantitative estimate of drug-likeness (QED) is 0.867. The number of rotatable bonds is 5. The van der Waals surface area contributed by atoms with Gasteiger partial charge < -0.3 is 20.5 Å². The van der Waals surface area contributed by atoms with E-state index in [2.05, 4.69) is 0 Å². The van der Waals surface area contributed by atoms with E-state index in [4.69, 9.17) is 15.6 Å². The third-order valence-corrected chi connectivity index (χ3v) is 3.95. The van der Waals surface area contributed by atoms with Gasteiger partial charge in [-0.1, -0.05) is 30.3 Å². The molecule has 2 rings (SSSR count). The van der Waals surface area contributed by atoms with E-state index in [9.17, 15) is 4.79 Å². The first-order chi connectivity index (χ1) is 10.2. The molecule has 0 bridgehead atoms. The number of aliphatic hydroxyl groups is 1. The number of nitrogens with two attached hydrogens (primary N) is 1. The molecule has 0 saturated carbocycles. The van der Waals surface area contributed by atoms with Gasteiger partial charge in [-0.3, -0.25) is 0 Å². The fourth-order valence-electron chi connectivity index (χ4n) is 2.66. The van der Waals surface area contributed by atoms with Crippen LogP contribution in [0, 0.1) is 5.92 Å². The third kappa shape index (κ3) is 5.02. The minimum atomic E-state index is -0.247. The average Bonchev–Trinajstić information content (AvgIpc) is 2.54. The first-order valence-electron chi connectivity index (χ1n) is 7.51. The van der Waals surface area contributed by atoms with Gasteiger partial charge in [0, 0.05) is 19.1 Å². The molecule has 1 amide bonds. The van der Waals surface area contributed by atoms with Crippen LogP contribution in [0.1, 0.15) is 24.8 Å². The molecule has 1 aliphatic rings. The highest BCUT2D eigenvalue weighted by molar-refractivity contribution is 5.67. The smallest absolute Gasteiger partial charge is 0.410 e. The fraction of sp³-hybridized carbons (Fsp3) is 0.562. The van der Waals surface area contributed by atoms with Gasteiger partial charge in [-0.05, 0) is 30.7 Å². The summed E-state index contributed by atoms with van der Waals surface area (Å²) in [5.41, 5.74) is 6.75. The maximum atomic E-state index is 12.0. The Morgan fingerprint density at radius 1 is 1.33 bits per heavy atom. The van der Waals surface area contributed by atoms with E-state index < -0.39 is 0 Å². The molecule has 0 aromatic heterocycles. The number of carbonyl (C=O) groups is 1. The molecule has 1 saturated heterocycles. The molecule has 0 aliphatic carbocycles. The number of carbonyl (C=O) groups excluding carboxylic acids is 1. The Labute approximate surface area is 125 Å². The molecule has 1 fully saturated rings. The number of likely N-dealkylation sites (tertiary alicyclic amines) is 1. The van der Waals surface area contributed by atoms with Crippen LogP contribution in [0.15, 0.2) is 30.3 Å². The van der Waals surface area contributed by atoms with E-state index in [-0.39, 0.29) is 18.7 Å². The number of hydrogen-bond donors (Lipinski definition) is 2. The highest BCUT2D eigenvalue weighted by Crippen LogP contribution is 2.22. The lowest BCUT2D eigenvalue weighted by molar-refractivity contribution is 0.0800. The van der Waals surface area contributed by atoms with Crippen LogP contribution in [-0.2, 0) is 11.3 Å². The van der Waals surface area contributed by atoms with Crippen LogP contribution in [0.25, 0.3) is 0 Å². The van der Waals surface area contributed by atoms with E-state index in [1.54, 1.807) is 4.90 Å². The molecule has 1 aliphatic heterocycles. The zero-order valence-corrected chi connectivity index (χ0v) is 12.3. The number of amides is 1. The summed E-state index contributed by atoms with van der Waals surface area (Å²) in [5, 5.41) is 8.97. The predicted molar refractivity (Wildman–Crippen MR) is 80.6 cm³/mol. The number of nitrogens with zero attached hydrogens (tertiary/aromatic N) is 1. The van der Waals surface area contributed by atoms with Gasteiger partial charge in [0.15, 0.2) is 0 Å². The zero-order chi connectivity index (χ0) is 15.1. The van der Waals surface area contributed by atoms with E-state index >= 15 is 0 Å². The number of benzene rings is 1. The van der Waals surface area contributed by atoms with Crippen molar-refractivity contribution in [1.29, 1.82) is 0 Å². The maximum Gasteiger partial charge on any atom is 0.410 e. The van der Waals surface area contributed by atoms with Crippen LogP contribution in [0.4, 0.5) is 4.79 Å². The Bertz CT molecular complexity index is 430. The van der Waals surface area contributed by atoms with Crippen molar-refractivity contribution < 1.29 is 14.6 Å². The Morgan fingerprint density at radius 2 is 2.00 bits per heavy atom. The van der Waals surface area contributed by atoms with Crippen molar-refractivity contribution >= 4 is 6.09 Å². The topological polar surface area (TPSA) is 75.8 Å². The molecular weight excluding hydrogens is 268 g/mol. The van der Waals surface area contributed by atoms with Gasteiger partial charge in [0.1, 0.15) is 6.61 Å². The van der Waals surface area contributed by atoms with Crippen molar-refractivity contribution in [2.75, 3.05) is 19.7 Å². The predicted octanol–water partition coefficient (Wildman–Crippen LogP) is 1.74. The van der Waals surface area contributed by atoms with Crippen LogP contribution in [-0.4, -0.2) is 41.8 Å². The van der Waals surface area contributed by atoms with Crippen LogP contribution in [0.2, 0.25) is 0 Å². The molecule has 1 atom stereocenters. The van der Waals surface area contributed by atoms with Crippen molar-refractivity contribution in [1.82, 2.24) is 4.90 Å². The molecule has 0 unspecified atom stereocenters. The first-order valence-corrected chi connectivity index (χ1v) is 7.51. The summed E-state index contributed by atoms with van der Waals surface area (Å²) in [6.07, 6.45) is 2.43. The standard InChI is InChI=1S/C16H24N2O3/c17-15(11-19)10-13-6-8-18(9-7-13)16(20)21-12-14-4-2-1-3-5-14/h1-5,13,15,19H,6-12,17H2/t15-/m1/s1. The summed E-state index contributed by atoms with van der Waals surface area (Å²) in [7, 11) is 0. The molecule has 1 heterocycles. The maximum absolute atomic E-state index is 12.0. The van der Waals surface area contributed by atoms with E-state index in [1.807, 2.05) is 30.3 Å². The Kier molecular flexibility index (Phi) is 6.02. The molecule has 0 radical (unpaired) electrons. The van der Waals surface area contributed by atoms with Crippen LogP contribution in [0.3, 0.4) is 0 Å². The zero-order valence-electron chi connectivity index (χ0n) is 12.3. The molecule has 0 spiro atoms. The molecule has 21 heavy (non-hydrogen) atoms. The third-order valence-electron chi connectivity index (χ3n) is 3.95. The summed E-state index contributed by atoms with van der Waals surface area (Å²) in [4.78, 5) is 13.7. The fourth-order valence-corrected chi connectivity index (χ4v) is 2.66. The molecule has 116 valence electrons. The van der Waals surface area contributed by atoms with Crippen molar-refractivity contribution in [3.05, 3.63) is 35.9 Å². The number of aliphatic hydroxyl groups excluding tert-OH is 1. The van der Waals surface area contributed by atoms with Gasteiger partial charge in [0.2, 0.25) is 0 Å². The van der Waals surface area contributed by atoms with E-state index in [0.29, 0.717) is 25.6 Å². The molecule has 5 heteroatoms. The second kappa shape index (κ2) is 8.00. The lowest BCUT2D eigenvalue weighted by Crippen LogP contribution is -2.40. The molecular formula is C16H24N2O3. The second-order valence-corrected chi connectivity index (χ2v) is 5.65. The number of hydrogen-bond acceptors (Lipinski definition) is 4.